The molecule has 0 unspecified atom stereocenters. The van der Waals surface area contributed by atoms with E-state index >= 15 is 0 Å². The van der Waals surface area contributed by atoms with E-state index in [0.717, 1.165) is 29.3 Å². The van der Waals surface area contributed by atoms with Crippen molar-refractivity contribution < 1.29 is 92.4 Å². The highest BCUT2D eigenvalue weighted by Gasteiger charge is 2.30. The van der Waals surface area contributed by atoms with Gasteiger partial charge in [0.25, 0.3) is 60.7 Å². The summed E-state index contributed by atoms with van der Waals surface area (Å²) in [6.45, 7) is 2.55. The number of thioether (sulfide) groups is 1. The van der Waals surface area contributed by atoms with E-state index in [9.17, 15) is 88.2 Å². The summed E-state index contributed by atoms with van der Waals surface area (Å²) in [6.07, 6.45) is -0.364. The van der Waals surface area contributed by atoms with Gasteiger partial charge in [-0.05, 0) is 86.5 Å². The second kappa shape index (κ2) is 23.5. The van der Waals surface area contributed by atoms with Crippen LogP contribution in [0, 0.1) is 25.2 Å². The highest BCUT2D eigenvalue weighted by Crippen LogP contribution is 2.46. The molecule has 0 spiro atoms. The van der Waals surface area contributed by atoms with Gasteiger partial charge in [0.2, 0.25) is 11.0 Å². The van der Waals surface area contributed by atoms with Gasteiger partial charge in [-0.1, -0.05) is 22.9 Å². The van der Waals surface area contributed by atoms with Crippen molar-refractivity contribution in [3.05, 3.63) is 76.3 Å². The summed E-state index contributed by atoms with van der Waals surface area (Å²) in [4.78, 5) is 4.61. The molecule has 0 fully saturated rings. The van der Waals surface area contributed by atoms with Gasteiger partial charge in [-0.15, -0.1) is 37.3 Å². The monoisotopic (exact) mass is 1330 g/mol. The Morgan fingerprint density at radius 2 is 1.33 bits per heavy atom. The van der Waals surface area contributed by atoms with Crippen LogP contribution in [0.3, 0.4) is 0 Å². The minimum Gasteiger partial charge on any atom is -0.495 e. The number of halogens is 1. The second-order valence-corrected chi connectivity index (χ2v) is 28.7. The van der Waals surface area contributed by atoms with E-state index in [1.807, 2.05) is 6.07 Å². The molecule has 0 amide bonds. The van der Waals surface area contributed by atoms with E-state index in [2.05, 4.69) is 40.7 Å². The first kappa shape index (κ1) is 63.0. The average Bonchev–Trinajstić information content (AvgIpc) is 1.53. The fraction of sp³-hybridized carbons (Fsp3) is 0.205. The molecule has 0 aliphatic rings. The molecular formula is C44H37ClN10O21S8. The van der Waals surface area contributed by atoms with Crippen molar-refractivity contribution >= 4 is 167 Å². The molecule has 0 radical (unpaired) electrons. The van der Waals surface area contributed by atoms with Gasteiger partial charge in [0.05, 0.1) is 51.0 Å². The first-order chi connectivity index (χ1) is 39.0. The molecule has 84 heavy (non-hydrogen) atoms. The molecular weight excluding hydrogens is 1300 g/mol. The van der Waals surface area contributed by atoms with Crippen molar-refractivity contribution in [3.8, 4) is 23.4 Å². The van der Waals surface area contributed by atoms with Crippen LogP contribution in [-0.2, 0) is 60.7 Å². The third kappa shape index (κ3) is 13.7. The summed E-state index contributed by atoms with van der Waals surface area (Å²) in [6, 6.07) is 11.4. The topological polar surface area (TPSA) is 493 Å². The molecule has 0 atom stereocenters. The van der Waals surface area contributed by atoms with Crippen molar-refractivity contribution in [2.45, 2.75) is 51.2 Å². The Morgan fingerprint density at radius 1 is 0.690 bits per heavy atom. The molecule has 5 aromatic carbocycles. The Morgan fingerprint density at radius 3 is 1.95 bits per heavy atom. The highest BCUT2D eigenvalue weighted by atomic mass is 35.5. The zero-order valence-corrected chi connectivity index (χ0v) is 49.7. The number of rotatable bonds is 21. The predicted octanol–water partition coefficient (Wildman–Crippen LogP) is 9.37. The summed E-state index contributed by atoms with van der Waals surface area (Å²) in [5.74, 6) is -2.65. The molecule has 0 aliphatic carbocycles. The molecule has 444 valence electrons. The zero-order chi connectivity index (χ0) is 61.8. The van der Waals surface area contributed by atoms with Crippen molar-refractivity contribution in [3.63, 3.8) is 0 Å². The van der Waals surface area contributed by atoms with Crippen molar-refractivity contribution in [2.24, 2.45) is 30.7 Å². The lowest BCUT2D eigenvalue weighted by Gasteiger charge is -2.12. The van der Waals surface area contributed by atoms with Crippen LogP contribution in [0.2, 0.25) is 5.02 Å². The number of nitrogens with zero attached hydrogens (tertiary/aromatic N) is 10. The molecule has 0 saturated heterocycles. The average molecular weight is 1330 g/mol. The number of imidazole rings is 1. The number of nitriles is 1. The number of aromatic nitrogens is 3. The summed E-state index contributed by atoms with van der Waals surface area (Å²) in [5, 5.41) is 45.7. The number of hydrogen-bond donors (Lipinski definition) is 7. The molecule has 31 nitrogen and oxygen atoms in total. The van der Waals surface area contributed by atoms with Crippen LogP contribution in [-0.4, -0.2) is 128 Å². The Hall–Kier alpha value is -7.01. The molecule has 0 aliphatic heterocycles. The van der Waals surface area contributed by atoms with Gasteiger partial charge in [-0.25, -0.2) is 9.97 Å². The van der Waals surface area contributed by atoms with Gasteiger partial charge in [0, 0.05) is 27.3 Å². The van der Waals surface area contributed by atoms with Crippen LogP contribution in [0.5, 0.6) is 17.4 Å². The number of aromatic hydroxyl groups is 1. The maximum atomic E-state index is 12.7. The normalized spacial score (nSPS) is 13.2. The predicted molar refractivity (Wildman–Crippen MR) is 300 cm³/mol. The van der Waals surface area contributed by atoms with E-state index in [0.29, 0.717) is 29.0 Å². The summed E-state index contributed by atoms with van der Waals surface area (Å²) >= 11 is 8.14. The first-order valence-corrected chi connectivity index (χ1v) is 34.0. The van der Waals surface area contributed by atoms with Crippen LogP contribution < -0.4 is 9.47 Å². The van der Waals surface area contributed by atoms with E-state index in [-0.39, 0.29) is 107 Å². The molecule has 8 aromatic rings. The quantitative estimate of drug-likeness (QED) is 0.0152. The van der Waals surface area contributed by atoms with Crippen LogP contribution in [0.1, 0.15) is 29.5 Å². The summed E-state index contributed by atoms with van der Waals surface area (Å²) in [5.41, 5.74) is -1.76. The van der Waals surface area contributed by atoms with Crippen molar-refractivity contribution in [1.82, 2.24) is 14.4 Å². The lowest BCUT2D eigenvalue weighted by Crippen LogP contribution is -2.08. The Bertz CT molecular complexity index is 4970. The number of ether oxygens (including phenoxy) is 2. The number of hydrogen-bond acceptors (Lipinski definition) is 26. The van der Waals surface area contributed by atoms with Crippen molar-refractivity contribution in [2.75, 3.05) is 31.0 Å². The SMILES string of the molecule is COc1ccc2nc3c(C#N)c(C)c(N=Nc4cc(C)c(N=Nc5cc(Cl)c(N=Nc6nc7c(S(=O)(=O)O)cc8c(S(=O)(=O)O)cc(S(=O)(=O)O)cc8c7s6)cc5SCCCS(=O)(=O)O)cc4OCCCS(=O)(=O)O)c(O)n3c2c1S(=O)(=O)O. The number of thiazole rings is 1. The summed E-state index contributed by atoms with van der Waals surface area (Å²) < 4.78 is 216. The number of azo groups is 3. The van der Waals surface area contributed by atoms with Crippen LogP contribution in [0.4, 0.5) is 33.6 Å². The van der Waals surface area contributed by atoms with Crippen molar-refractivity contribution in [1.29, 1.82) is 5.26 Å². The van der Waals surface area contributed by atoms with Gasteiger partial charge in [-0.2, -0.15) is 60.9 Å². The smallest absolute Gasteiger partial charge is 0.300 e. The molecule has 40 heteroatoms. The third-order valence-corrected chi connectivity index (χ3v) is 19.2. The lowest BCUT2D eigenvalue weighted by molar-refractivity contribution is 0.317. The van der Waals surface area contributed by atoms with Crippen LogP contribution >= 0.6 is 34.7 Å². The minimum atomic E-state index is -5.33. The van der Waals surface area contributed by atoms with Gasteiger partial charge in [0.1, 0.15) is 61.0 Å². The van der Waals surface area contributed by atoms with Gasteiger partial charge in [-0.3, -0.25) is 31.7 Å². The van der Waals surface area contributed by atoms with Gasteiger partial charge < -0.3 is 14.6 Å². The molecule has 0 bridgehead atoms. The first-order valence-electron chi connectivity index (χ1n) is 22.8. The summed E-state index contributed by atoms with van der Waals surface area (Å²) in [7, 11) is -28.6. The number of fused-ring (bicyclic) bond motifs is 6. The molecule has 3 heterocycles. The van der Waals surface area contributed by atoms with Gasteiger partial charge >= 0.3 is 0 Å². The standard InChI is InChI=1S/C44H37ClN10O21S8/c1-20-12-30(51-53-37-21(2)25(19-46)42-47-27-6-7-32(75-3)41(84(72,73)74)39(27)55(42)43(37)56)33(76-8-4-10-79(57,58)59)17-28(20)49-52-31-16-26(45)29(18-34(31)77-9-5-11-80(60,61)62)50-54-44-48-38-36(83(69,70)71)15-23-24(40(38)78-44)13-22(81(63,64)65)14-35(23)82(66,67)68/h6-7,12-18,56H,4-5,8-11H2,1-3H3,(H,57,58,59)(H,60,61,62)(H,63,64,65)(H,66,67,68)(H,69,70,71)(H,72,73,74). The van der Waals surface area contributed by atoms with E-state index in [1.54, 1.807) is 0 Å². The van der Waals surface area contributed by atoms with Crippen LogP contribution in [0.15, 0.2) is 110 Å². The fourth-order valence-electron chi connectivity index (χ4n) is 8.03. The second-order valence-electron chi connectivity index (χ2n) is 17.4. The van der Waals surface area contributed by atoms with E-state index in [1.165, 1.54) is 50.2 Å². The van der Waals surface area contributed by atoms with E-state index in [4.69, 9.17) is 21.1 Å². The molecule has 3 aromatic heterocycles. The molecule has 7 N–H and O–H groups in total. The maximum Gasteiger partial charge on any atom is 0.300 e. The van der Waals surface area contributed by atoms with Crippen LogP contribution in [0.25, 0.3) is 37.7 Å². The Kier molecular flexibility index (Phi) is 17.6. The zero-order valence-electron chi connectivity index (χ0n) is 42.4. The Labute approximate surface area is 487 Å². The fourth-order valence-corrected chi connectivity index (χ4v) is 14.2. The number of benzene rings is 5. The van der Waals surface area contributed by atoms with Gasteiger partial charge in [0.15, 0.2) is 16.2 Å². The van der Waals surface area contributed by atoms with E-state index < -0.39 is 119 Å². The lowest BCUT2D eigenvalue weighted by atomic mass is 10.1. The number of pyridine rings is 1. The maximum absolute atomic E-state index is 12.7. The largest absolute Gasteiger partial charge is 0.495 e. The number of methoxy groups -OCH3 is 1. The highest BCUT2D eigenvalue weighted by molar-refractivity contribution is 7.99. The molecule has 0 saturated carbocycles. The molecule has 8 rings (SSSR count). The Balaban J connectivity index is 1.21. The third-order valence-electron chi connectivity index (χ3n) is 11.7. The minimum absolute atomic E-state index is 0.000406. The number of aryl methyl sites for hydroxylation is 1.